The molecule has 5 atom stereocenters. The minimum atomic E-state index is -0.829. The van der Waals surface area contributed by atoms with Crippen LogP contribution in [0, 0.1) is 11.8 Å². The lowest BCUT2D eigenvalue weighted by Crippen LogP contribution is -2.58. The molecule has 1 rings (SSSR count). The molecule has 8 heteroatoms. The van der Waals surface area contributed by atoms with Crippen LogP contribution in [0.2, 0.25) is 0 Å². The number of amides is 1. The maximum Gasteiger partial charge on any atom is 0.306 e. The smallest absolute Gasteiger partial charge is 0.306 e. The van der Waals surface area contributed by atoms with Gasteiger partial charge in [-0.15, -0.1) is 0 Å². The Balaban J connectivity index is 3.15. The van der Waals surface area contributed by atoms with E-state index in [0.717, 1.165) is 12.8 Å². The molecule has 24 heavy (non-hydrogen) atoms. The first-order chi connectivity index (χ1) is 11.3. The van der Waals surface area contributed by atoms with Crippen LogP contribution in [0.3, 0.4) is 0 Å². The van der Waals surface area contributed by atoms with E-state index in [4.69, 9.17) is 10.6 Å². The van der Waals surface area contributed by atoms with Crippen molar-refractivity contribution in [1.82, 2.24) is 10.6 Å². The number of nitrogens with one attached hydrogen (secondary N) is 2. The molecule has 0 radical (unpaired) electrons. The Labute approximate surface area is 143 Å². The summed E-state index contributed by atoms with van der Waals surface area (Å²) < 4.78 is 5.75. The third kappa shape index (κ3) is 4.83. The fourth-order valence-corrected chi connectivity index (χ4v) is 3.78. The highest BCUT2D eigenvalue weighted by Gasteiger charge is 2.48. The van der Waals surface area contributed by atoms with E-state index in [2.05, 4.69) is 15.7 Å². The number of hydrazone groups is 1. The van der Waals surface area contributed by atoms with Gasteiger partial charge in [0.15, 0.2) is 0 Å². The molecule has 0 saturated heterocycles. The van der Waals surface area contributed by atoms with Gasteiger partial charge in [0, 0.05) is 26.0 Å². The number of carbonyl (C=O) groups is 2. The van der Waals surface area contributed by atoms with E-state index in [1.54, 1.807) is 7.11 Å². The molecule has 0 aromatic heterocycles. The minimum Gasteiger partial charge on any atom is -0.481 e. The first kappa shape index (κ1) is 20.2. The second kappa shape index (κ2) is 8.86. The Morgan fingerprint density at radius 1 is 1.50 bits per heavy atom. The molecule has 0 aromatic rings. The molecule has 0 heterocycles. The molecule has 1 aliphatic carbocycles. The number of carboxylic acid groups (broad SMARTS) is 1. The maximum absolute atomic E-state index is 11.8. The van der Waals surface area contributed by atoms with E-state index in [9.17, 15) is 14.7 Å². The standard InChI is InChI=1S/C16H30N4O4/c1-5-6-16(3,24-4)14(20-10(2)21)12-7-11(15(22)23)8-13(12)18-9-19-17/h9,11-14H,5-8,17H2,1-4H3,(H,18,19)(H,20,21)(H,22,23)/t11-,12-,13-,14-,16+/m1/s1. The van der Waals surface area contributed by atoms with Crippen molar-refractivity contribution in [3.8, 4) is 0 Å². The summed E-state index contributed by atoms with van der Waals surface area (Å²) in [6.07, 6.45) is 3.92. The Kier molecular flexibility index (Phi) is 7.47. The van der Waals surface area contributed by atoms with Crippen LogP contribution in [0.5, 0.6) is 0 Å². The lowest BCUT2D eigenvalue weighted by atomic mass is 9.79. The van der Waals surface area contributed by atoms with Crippen molar-refractivity contribution in [2.24, 2.45) is 22.8 Å². The lowest BCUT2D eigenvalue weighted by molar-refractivity contribution is -0.141. The maximum atomic E-state index is 11.8. The van der Waals surface area contributed by atoms with Crippen LogP contribution in [-0.2, 0) is 14.3 Å². The number of methoxy groups -OCH3 is 1. The van der Waals surface area contributed by atoms with Gasteiger partial charge in [-0.05, 0) is 26.2 Å². The largest absolute Gasteiger partial charge is 0.481 e. The zero-order valence-corrected chi connectivity index (χ0v) is 14.9. The van der Waals surface area contributed by atoms with Gasteiger partial charge in [0.1, 0.15) is 6.34 Å². The van der Waals surface area contributed by atoms with Crippen molar-refractivity contribution in [3.05, 3.63) is 0 Å². The average molecular weight is 342 g/mol. The fraction of sp³-hybridized carbons (Fsp3) is 0.812. The molecule has 1 fully saturated rings. The molecule has 1 amide bonds. The van der Waals surface area contributed by atoms with Gasteiger partial charge in [0.2, 0.25) is 5.91 Å². The molecule has 0 bridgehead atoms. The van der Waals surface area contributed by atoms with Gasteiger partial charge in [0.05, 0.1) is 17.6 Å². The van der Waals surface area contributed by atoms with Gasteiger partial charge in [-0.2, -0.15) is 5.10 Å². The molecule has 0 aliphatic heterocycles. The highest BCUT2D eigenvalue weighted by molar-refractivity contribution is 5.74. The van der Waals surface area contributed by atoms with E-state index >= 15 is 0 Å². The normalized spacial score (nSPS) is 27.6. The third-order valence-electron chi connectivity index (χ3n) is 4.98. The molecule has 0 aromatic carbocycles. The topological polar surface area (TPSA) is 126 Å². The molecule has 1 aliphatic rings. The molecular weight excluding hydrogens is 312 g/mol. The number of hydrogen-bond acceptors (Lipinski definition) is 5. The average Bonchev–Trinajstić information content (AvgIpc) is 2.94. The van der Waals surface area contributed by atoms with Crippen LogP contribution < -0.4 is 16.5 Å². The monoisotopic (exact) mass is 342 g/mol. The van der Waals surface area contributed by atoms with Gasteiger partial charge in [-0.3, -0.25) is 9.59 Å². The SMILES string of the molecule is CCC[C@](C)(OC)[C@H](NC(C)=O)[C@@H]1C[C@@H](C(=O)O)C[C@H]1NC=NN. The van der Waals surface area contributed by atoms with Gasteiger partial charge in [-0.25, -0.2) is 0 Å². The molecule has 8 nitrogen and oxygen atoms in total. The van der Waals surface area contributed by atoms with E-state index in [-0.39, 0.29) is 23.9 Å². The summed E-state index contributed by atoms with van der Waals surface area (Å²) in [5, 5.41) is 18.9. The summed E-state index contributed by atoms with van der Waals surface area (Å²) in [4.78, 5) is 23.2. The lowest BCUT2D eigenvalue weighted by Gasteiger charge is -2.42. The predicted octanol–water partition coefficient (Wildman–Crippen LogP) is 0.667. The summed E-state index contributed by atoms with van der Waals surface area (Å²) in [5.74, 6) is 3.59. The van der Waals surface area contributed by atoms with Crippen LogP contribution in [0.25, 0.3) is 0 Å². The van der Waals surface area contributed by atoms with Crippen LogP contribution in [-0.4, -0.2) is 48.1 Å². The quantitative estimate of drug-likeness (QED) is 0.211. The number of carbonyl (C=O) groups excluding carboxylic acids is 1. The first-order valence-electron chi connectivity index (χ1n) is 8.31. The number of rotatable bonds is 9. The summed E-state index contributed by atoms with van der Waals surface area (Å²) in [6.45, 7) is 5.47. The zero-order valence-electron chi connectivity index (χ0n) is 14.9. The van der Waals surface area contributed by atoms with Crippen molar-refractivity contribution < 1.29 is 19.4 Å². The van der Waals surface area contributed by atoms with Crippen molar-refractivity contribution in [3.63, 3.8) is 0 Å². The number of carboxylic acids is 1. The van der Waals surface area contributed by atoms with Crippen LogP contribution in [0.15, 0.2) is 5.10 Å². The molecular formula is C16H30N4O4. The number of hydrogen-bond donors (Lipinski definition) is 4. The summed E-state index contributed by atoms with van der Waals surface area (Å²) in [7, 11) is 1.62. The van der Waals surface area contributed by atoms with E-state index in [1.807, 2.05) is 13.8 Å². The third-order valence-corrected chi connectivity index (χ3v) is 4.98. The van der Waals surface area contributed by atoms with E-state index in [0.29, 0.717) is 12.8 Å². The predicted molar refractivity (Wildman–Crippen MR) is 91.4 cm³/mol. The zero-order chi connectivity index (χ0) is 18.3. The summed E-state index contributed by atoms with van der Waals surface area (Å²) >= 11 is 0. The molecule has 138 valence electrons. The Morgan fingerprint density at radius 2 is 2.17 bits per heavy atom. The van der Waals surface area contributed by atoms with E-state index < -0.39 is 17.5 Å². The van der Waals surface area contributed by atoms with Crippen LogP contribution in [0.4, 0.5) is 0 Å². The van der Waals surface area contributed by atoms with Crippen molar-refractivity contribution in [1.29, 1.82) is 0 Å². The van der Waals surface area contributed by atoms with Gasteiger partial charge < -0.3 is 26.3 Å². The Morgan fingerprint density at radius 3 is 2.62 bits per heavy atom. The first-order valence-corrected chi connectivity index (χ1v) is 8.31. The van der Waals surface area contributed by atoms with Crippen LogP contribution in [0.1, 0.15) is 46.5 Å². The number of nitrogens with two attached hydrogens (primary N) is 1. The Bertz CT molecular complexity index is 471. The molecule has 5 N–H and O–H groups in total. The van der Waals surface area contributed by atoms with Gasteiger partial charge in [0.25, 0.3) is 0 Å². The molecule has 0 unspecified atom stereocenters. The molecule has 1 saturated carbocycles. The van der Waals surface area contributed by atoms with Crippen LogP contribution >= 0.6 is 0 Å². The van der Waals surface area contributed by atoms with Gasteiger partial charge in [-0.1, -0.05) is 13.3 Å². The van der Waals surface area contributed by atoms with Crippen molar-refractivity contribution in [2.75, 3.05) is 7.11 Å². The molecule has 0 spiro atoms. The highest BCUT2D eigenvalue weighted by Crippen LogP contribution is 2.39. The summed E-state index contributed by atoms with van der Waals surface area (Å²) in [6, 6.07) is -0.463. The van der Waals surface area contributed by atoms with Gasteiger partial charge >= 0.3 is 5.97 Å². The number of aliphatic carboxylic acids is 1. The highest BCUT2D eigenvalue weighted by atomic mass is 16.5. The second-order valence-electron chi connectivity index (χ2n) is 6.67. The van der Waals surface area contributed by atoms with Crippen molar-refractivity contribution in [2.45, 2.75) is 64.1 Å². The van der Waals surface area contributed by atoms with E-state index in [1.165, 1.54) is 13.3 Å². The summed E-state index contributed by atoms with van der Waals surface area (Å²) in [5.41, 5.74) is -0.585. The second-order valence-corrected chi connectivity index (χ2v) is 6.67. The number of ether oxygens (including phenoxy) is 1. The number of nitrogens with zero attached hydrogens (tertiary/aromatic N) is 1. The minimum absolute atomic E-state index is 0.107. The van der Waals surface area contributed by atoms with Crippen molar-refractivity contribution >= 4 is 18.2 Å². The fourth-order valence-electron chi connectivity index (χ4n) is 3.78. The Hall–Kier alpha value is -1.83.